The molecule has 0 aliphatic rings. The Kier molecular flexibility index (Phi) is 4.32. The second-order valence-corrected chi connectivity index (χ2v) is 5.16. The van der Waals surface area contributed by atoms with Crippen LogP contribution in [0.4, 0.5) is 14.5 Å². The molecule has 1 N–H and O–H groups in total. The van der Waals surface area contributed by atoms with Crippen molar-refractivity contribution in [1.29, 1.82) is 0 Å². The van der Waals surface area contributed by atoms with E-state index in [4.69, 9.17) is 0 Å². The van der Waals surface area contributed by atoms with Crippen LogP contribution in [0.5, 0.6) is 0 Å². The SMILES string of the molecule is Cc1cnccc1NCCn1ccnc1-c1cccc(F)c1F. The van der Waals surface area contributed by atoms with E-state index < -0.39 is 11.6 Å². The van der Waals surface area contributed by atoms with Crippen LogP contribution in [-0.2, 0) is 6.54 Å². The number of nitrogens with one attached hydrogen (secondary N) is 1. The van der Waals surface area contributed by atoms with Gasteiger partial charge in [0.1, 0.15) is 5.82 Å². The lowest BCUT2D eigenvalue weighted by atomic mass is 10.2. The van der Waals surface area contributed by atoms with E-state index in [1.807, 2.05) is 13.0 Å². The van der Waals surface area contributed by atoms with Crippen molar-refractivity contribution in [2.75, 3.05) is 11.9 Å². The number of aromatic nitrogens is 3. The van der Waals surface area contributed by atoms with E-state index in [-0.39, 0.29) is 5.56 Å². The molecule has 0 fully saturated rings. The number of hydrogen-bond donors (Lipinski definition) is 1. The second-order valence-electron chi connectivity index (χ2n) is 5.16. The van der Waals surface area contributed by atoms with Crippen molar-refractivity contribution in [3.63, 3.8) is 0 Å². The van der Waals surface area contributed by atoms with Crippen LogP contribution >= 0.6 is 0 Å². The summed E-state index contributed by atoms with van der Waals surface area (Å²) in [5.41, 5.74) is 2.21. The Bertz CT molecular complexity index is 814. The van der Waals surface area contributed by atoms with Crippen molar-refractivity contribution >= 4 is 5.69 Å². The molecular formula is C17H16F2N4. The molecule has 0 aliphatic carbocycles. The summed E-state index contributed by atoms with van der Waals surface area (Å²) in [6.07, 6.45) is 6.84. The number of hydrogen-bond acceptors (Lipinski definition) is 3. The molecule has 2 aromatic heterocycles. The topological polar surface area (TPSA) is 42.7 Å². The van der Waals surface area contributed by atoms with Gasteiger partial charge in [0.15, 0.2) is 11.6 Å². The Morgan fingerprint density at radius 1 is 1.17 bits per heavy atom. The quantitative estimate of drug-likeness (QED) is 0.782. The first-order valence-corrected chi connectivity index (χ1v) is 7.27. The van der Waals surface area contributed by atoms with Crippen LogP contribution in [0.25, 0.3) is 11.4 Å². The zero-order valence-corrected chi connectivity index (χ0v) is 12.6. The summed E-state index contributed by atoms with van der Waals surface area (Å²) in [5.74, 6) is -1.34. The largest absolute Gasteiger partial charge is 0.383 e. The predicted octanol–water partition coefficient (Wildman–Crippen LogP) is 3.64. The average Bonchev–Trinajstić information content (AvgIpc) is 3.00. The van der Waals surface area contributed by atoms with Gasteiger partial charge < -0.3 is 9.88 Å². The molecule has 1 aromatic carbocycles. The molecule has 0 unspecified atom stereocenters. The van der Waals surface area contributed by atoms with E-state index in [9.17, 15) is 8.78 Å². The number of benzene rings is 1. The number of nitrogens with zero attached hydrogens (tertiary/aromatic N) is 3. The summed E-state index contributed by atoms with van der Waals surface area (Å²) in [5, 5.41) is 3.30. The summed E-state index contributed by atoms with van der Waals surface area (Å²) in [6, 6.07) is 6.00. The molecule has 0 saturated carbocycles. The number of pyridine rings is 1. The maximum absolute atomic E-state index is 13.9. The molecule has 2 heterocycles. The van der Waals surface area contributed by atoms with Gasteiger partial charge in [-0.2, -0.15) is 0 Å². The van der Waals surface area contributed by atoms with Gasteiger partial charge >= 0.3 is 0 Å². The van der Waals surface area contributed by atoms with E-state index in [0.717, 1.165) is 17.3 Å². The van der Waals surface area contributed by atoms with Crippen molar-refractivity contribution in [2.24, 2.45) is 0 Å². The fraction of sp³-hybridized carbons (Fsp3) is 0.176. The lowest BCUT2D eigenvalue weighted by molar-refractivity contribution is 0.509. The van der Waals surface area contributed by atoms with Gasteiger partial charge in [0, 0.05) is 43.6 Å². The van der Waals surface area contributed by atoms with Crippen LogP contribution in [-0.4, -0.2) is 21.1 Å². The Morgan fingerprint density at radius 3 is 2.87 bits per heavy atom. The predicted molar refractivity (Wildman–Crippen MR) is 85.0 cm³/mol. The smallest absolute Gasteiger partial charge is 0.169 e. The number of aryl methyl sites for hydroxylation is 1. The van der Waals surface area contributed by atoms with Gasteiger partial charge in [0.2, 0.25) is 0 Å². The molecule has 0 saturated heterocycles. The molecule has 23 heavy (non-hydrogen) atoms. The van der Waals surface area contributed by atoms with E-state index in [0.29, 0.717) is 18.9 Å². The number of halogens is 2. The van der Waals surface area contributed by atoms with Crippen LogP contribution in [0.1, 0.15) is 5.56 Å². The van der Waals surface area contributed by atoms with Crippen molar-refractivity contribution in [2.45, 2.75) is 13.5 Å². The maximum Gasteiger partial charge on any atom is 0.169 e. The van der Waals surface area contributed by atoms with E-state index >= 15 is 0 Å². The highest BCUT2D eigenvalue weighted by atomic mass is 19.2. The minimum absolute atomic E-state index is 0.162. The number of imidazole rings is 1. The zero-order valence-electron chi connectivity index (χ0n) is 12.6. The molecule has 0 aliphatic heterocycles. The molecule has 3 rings (SSSR count). The van der Waals surface area contributed by atoms with Crippen LogP contribution in [0, 0.1) is 18.6 Å². The summed E-state index contributed by atoms with van der Waals surface area (Å²) in [4.78, 5) is 8.19. The van der Waals surface area contributed by atoms with E-state index in [1.165, 1.54) is 12.1 Å². The standard InChI is InChI=1S/C17H16F2N4/c1-12-11-20-6-5-15(12)21-7-9-23-10-8-22-17(23)13-3-2-4-14(18)16(13)19/h2-6,8,10-11H,7,9H2,1H3,(H,20,21). The van der Waals surface area contributed by atoms with Gasteiger partial charge in [-0.1, -0.05) is 6.07 Å². The molecule has 4 nitrogen and oxygen atoms in total. The van der Waals surface area contributed by atoms with Gasteiger partial charge in [-0.15, -0.1) is 0 Å². The first-order chi connectivity index (χ1) is 11.2. The fourth-order valence-electron chi connectivity index (χ4n) is 2.39. The first-order valence-electron chi connectivity index (χ1n) is 7.27. The Balaban J connectivity index is 1.74. The van der Waals surface area contributed by atoms with Gasteiger partial charge in [0.05, 0.1) is 5.56 Å². The monoisotopic (exact) mass is 314 g/mol. The third-order valence-corrected chi connectivity index (χ3v) is 3.60. The number of anilines is 1. The van der Waals surface area contributed by atoms with Crippen molar-refractivity contribution in [1.82, 2.24) is 14.5 Å². The first kappa shape index (κ1) is 15.1. The molecule has 0 atom stereocenters. The van der Waals surface area contributed by atoms with Crippen molar-refractivity contribution < 1.29 is 8.78 Å². The Hall–Kier alpha value is -2.76. The number of rotatable bonds is 5. The van der Waals surface area contributed by atoms with Crippen molar-refractivity contribution in [3.8, 4) is 11.4 Å². The molecule has 3 aromatic rings. The van der Waals surface area contributed by atoms with Crippen LogP contribution in [0.2, 0.25) is 0 Å². The van der Waals surface area contributed by atoms with Gasteiger partial charge in [-0.3, -0.25) is 4.98 Å². The van der Waals surface area contributed by atoms with Crippen LogP contribution < -0.4 is 5.32 Å². The average molecular weight is 314 g/mol. The van der Waals surface area contributed by atoms with Crippen LogP contribution in [0.3, 0.4) is 0 Å². The minimum atomic E-state index is -0.877. The second kappa shape index (κ2) is 6.56. The third kappa shape index (κ3) is 3.21. The summed E-state index contributed by atoms with van der Waals surface area (Å²) in [7, 11) is 0. The lowest BCUT2D eigenvalue weighted by Crippen LogP contribution is -2.12. The summed E-state index contributed by atoms with van der Waals surface area (Å²) < 4.78 is 29.1. The molecule has 118 valence electrons. The third-order valence-electron chi connectivity index (χ3n) is 3.60. The van der Waals surface area contributed by atoms with Gasteiger partial charge in [-0.05, 0) is 30.7 Å². The minimum Gasteiger partial charge on any atom is -0.383 e. The molecular weight excluding hydrogens is 298 g/mol. The van der Waals surface area contributed by atoms with Gasteiger partial charge in [-0.25, -0.2) is 13.8 Å². The van der Waals surface area contributed by atoms with Crippen molar-refractivity contribution in [3.05, 3.63) is 66.3 Å². The molecule has 6 heteroatoms. The van der Waals surface area contributed by atoms with Crippen LogP contribution in [0.15, 0.2) is 49.1 Å². The lowest BCUT2D eigenvalue weighted by Gasteiger charge is -2.12. The van der Waals surface area contributed by atoms with Gasteiger partial charge in [0.25, 0.3) is 0 Å². The van der Waals surface area contributed by atoms with E-state index in [2.05, 4.69) is 15.3 Å². The van der Waals surface area contributed by atoms with E-state index in [1.54, 1.807) is 29.4 Å². The molecule has 0 radical (unpaired) electrons. The fourth-order valence-corrected chi connectivity index (χ4v) is 2.39. The zero-order chi connectivity index (χ0) is 16.2. The molecule has 0 spiro atoms. The highest BCUT2D eigenvalue weighted by Crippen LogP contribution is 2.23. The normalized spacial score (nSPS) is 10.7. The Labute approximate surface area is 132 Å². The summed E-state index contributed by atoms with van der Waals surface area (Å²) in [6.45, 7) is 3.18. The summed E-state index contributed by atoms with van der Waals surface area (Å²) >= 11 is 0. The molecule has 0 amide bonds. The Morgan fingerprint density at radius 2 is 2.04 bits per heavy atom. The highest BCUT2D eigenvalue weighted by molar-refractivity contribution is 5.56. The molecule has 0 bridgehead atoms. The highest BCUT2D eigenvalue weighted by Gasteiger charge is 2.14. The maximum atomic E-state index is 13.9.